The van der Waals surface area contributed by atoms with Crippen LogP contribution in [0.1, 0.15) is 40.2 Å². The van der Waals surface area contributed by atoms with E-state index < -0.39 is 0 Å². The summed E-state index contributed by atoms with van der Waals surface area (Å²) >= 11 is 1.43. The summed E-state index contributed by atoms with van der Waals surface area (Å²) in [5.74, 6) is 1.24. The molecule has 2 aromatic rings. The number of hydrogen-bond acceptors (Lipinski definition) is 6. The van der Waals surface area contributed by atoms with Gasteiger partial charge in [-0.15, -0.1) is 11.3 Å². The molecule has 24 heavy (non-hydrogen) atoms. The molecule has 1 saturated heterocycles. The Bertz CT molecular complexity index is 718. The first-order chi connectivity index (χ1) is 11.5. The zero-order chi connectivity index (χ0) is 17.3. The molecule has 1 fully saturated rings. The molecule has 130 valence electrons. The number of hydrogen-bond donors (Lipinski definition) is 0. The normalized spacial score (nSPS) is 17.7. The van der Waals surface area contributed by atoms with E-state index in [4.69, 9.17) is 9.26 Å². The summed E-state index contributed by atoms with van der Waals surface area (Å²) in [7, 11) is 0. The lowest BCUT2D eigenvalue weighted by molar-refractivity contribution is 0.0766. The molecule has 0 bridgehead atoms. The van der Waals surface area contributed by atoms with Crippen LogP contribution in [0.2, 0.25) is 0 Å². The Labute approximate surface area is 145 Å². The van der Waals surface area contributed by atoms with E-state index in [2.05, 4.69) is 10.1 Å². The fourth-order valence-electron chi connectivity index (χ4n) is 3.07. The van der Waals surface area contributed by atoms with Crippen molar-refractivity contribution in [2.24, 2.45) is 5.92 Å². The summed E-state index contributed by atoms with van der Waals surface area (Å²) in [4.78, 5) is 20.1. The van der Waals surface area contributed by atoms with E-state index in [0.717, 1.165) is 60.4 Å². The first kappa shape index (κ1) is 17.1. The van der Waals surface area contributed by atoms with Crippen molar-refractivity contribution >= 4 is 17.2 Å². The Kier molecular flexibility index (Phi) is 5.01. The molecule has 1 aliphatic heterocycles. The van der Waals surface area contributed by atoms with Gasteiger partial charge in [0.25, 0.3) is 5.91 Å². The molecule has 0 spiro atoms. The highest BCUT2D eigenvalue weighted by atomic mass is 32.1. The molecule has 1 atom stereocenters. The fraction of sp³-hybridized carbons (Fsp3) is 0.588. The molecule has 3 heterocycles. The molecule has 0 aromatic carbocycles. The number of ether oxygens (including phenoxy) is 1. The van der Waals surface area contributed by atoms with Crippen LogP contribution in [0.4, 0.5) is 0 Å². The zero-order valence-electron chi connectivity index (χ0n) is 14.6. The lowest BCUT2D eigenvalue weighted by Gasteiger charge is -2.15. The summed E-state index contributed by atoms with van der Waals surface area (Å²) in [6, 6.07) is 0. The first-order valence-electron chi connectivity index (χ1n) is 8.29. The van der Waals surface area contributed by atoms with Gasteiger partial charge in [-0.3, -0.25) is 4.79 Å². The number of nitrogens with zero attached hydrogens (tertiary/aromatic N) is 3. The van der Waals surface area contributed by atoms with Gasteiger partial charge in [-0.25, -0.2) is 4.98 Å². The minimum absolute atomic E-state index is 0.0713. The van der Waals surface area contributed by atoms with Gasteiger partial charge in [0, 0.05) is 25.6 Å². The van der Waals surface area contributed by atoms with Crippen LogP contribution >= 0.6 is 11.3 Å². The Morgan fingerprint density at radius 3 is 2.83 bits per heavy atom. The molecule has 6 nitrogen and oxygen atoms in total. The van der Waals surface area contributed by atoms with Crippen LogP contribution in [-0.2, 0) is 4.74 Å². The molecule has 2 aromatic heterocycles. The molecule has 0 saturated carbocycles. The average molecular weight is 349 g/mol. The Morgan fingerprint density at radius 1 is 1.38 bits per heavy atom. The lowest BCUT2D eigenvalue weighted by Crippen LogP contribution is -2.29. The maximum Gasteiger partial charge on any atom is 0.265 e. The highest BCUT2D eigenvalue weighted by Gasteiger charge is 2.30. The van der Waals surface area contributed by atoms with E-state index in [1.54, 1.807) is 0 Å². The predicted octanol–water partition coefficient (Wildman–Crippen LogP) is 3.22. The number of thiazole rings is 1. The van der Waals surface area contributed by atoms with Gasteiger partial charge in [-0.2, -0.15) is 0 Å². The number of amides is 1. The molecular weight excluding hydrogens is 326 g/mol. The largest absolute Gasteiger partial charge is 0.381 e. The Morgan fingerprint density at radius 2 is 2.17 bits per heavy atom. The number of carbonyl (C=O) groups is 1. The molecule has 0 N–H and O–H groups in total. The lowest BCUT2D eigenvalue weighted by atomic mass is 10.1. The molecule has 0 radical (unpaired) electrons. The molecule has 3 rings (SSSR count). The number of carbonyl (C=O) groups excluding carboxylic acids is 1. The van der Waals surface area contributed by atoms with E-state index in [9.17, 15) is 4.79 Å². The number of rotatable bonds is 5. The second-order valence-corrected chi connectivity index (χ2v) is 7.20. The van der Waals surface area contributed by atoms with Gasteiger partial charge in [-0.05, 0) is 34.1 Å². The average Bonchev–Trinajstić information content (AvgIpc) is 3.24. The maximum atomic E-state index is 12.9. The van der Waals surface area contributed by atoms with Gasteiger partial charge in [0.15, 0.2) is 0 Å². The third-order valence-corrected chi connectivity index (χ3v) is 5.53. The maximum absolute atomic E-state index is 12.9. The summed E-state index contributed by atoms with van der Waals surface area (Å²) in [5, 5.41) is 4.78. The van der Waals surface area contributed by atoms with Crippen LogP contribution in [0, 0.1) is 26.7 Å². The van der Waals surface area contributed by atoms with Gasteiger partial charge < -0.3 is 14.2 Å². The van der Waals surface area contributed by atoms with Crippen molar-refractivity contribution < 1.29 is 14.1 Å². The van der Waals surface area contributed by atoms with Crippen molar-refractivity contribution in [3.8, 4) is 10.6 Å². The van der Waals surface area contributed by atoms with Crippen LogP contribution in [-0.4, -0.2) is 47.3 Å². The highest BCUT2D eigenvalue weighted by molar-refractivity contribution is 7.17. The van der Waals surface area contributed by atoms with E-state index >= 15 is 0 Å². The van der Waals surface area contributed by atoms with Gasteiger partial charge in [0.2, 0.25) is 0 Å². The third kappa shape index (κ3) is 3.23. The molecule has 1 aliphatic rings. The number of aromatic nitrogens is 2. The van der Waals surface area contributed by atoms with Crippen molar-refractivity contribution in [3.63, 3.8) is 0 Å². The number of aryl methyl sites for hydroxylation is 3. The van der Waals surface area contributed by atoms with E-state index in [-0.39, 0.29) is 5.91 Å². The standard InChI is InChI=1S/C17H23N3O3S/c1-5-22-9-13-6-7-20(8-13)17(21)15-11(3)18-16(24-15)14-10(2)19-23-12(14)4/h13H,5-9H2,1-4H3/t13-/m0/s1. The van der Waals surface area contributed by atoms with Crippen LogP contribution in [0.25, 0.3) is 10.6 Å². The molecule has 7 heteroatoms. The van der Waals surface area contributed by atoms with Crippen LogP contribution in [0.15, 0.2) is 4.52 Å². The molecule has 0 unspecified atom stereocenters. The minimum Gasteiger partial charge on any atom is -0.381 e. The Balaban J connectivity index is 1.77. The SMILES string of the molecule is CCOC[C@H]1CCN(C(=O)c2sc(-c3c(C)noc3C)nc2C)C1. The summed E-state index contributed by atoms with van der Waals surface area (Å²) in [6.07, 6.45) is 1.00. The minimum atomic E-state index is 0.0713. The van der Waals surface area contributed by atoms with Crippen LogP contribution < -0.4 is 0 Å². The topological polar surface area (TPSA) is 68.5 Å². The highest BCUT2D eigenvalue weighted by Crippen LogP contribution is 2.33. The summed E-state index contributed by atoms with van der Waals surface area (Å²) in [6.45, 7) is 10.6. The van der Waals surface area contributed by atoms with Crippen molar-refractivity contribution in [2.45, 2.75) is 34.1 Å². The van der Waals surface area contributed by atoms with E-state index in [0.29, 0.717) is 10.8 Å². The predicted molar refractivity (Wildman–Crippen MR) is 92.3 cm³/mol. The smallest absolute Gasteiger partial charge is 0.265 e. The van der Waals surface area contributed by atoms with E-state index in [1.165, 1.54) is 11.3 Å². The molecular formula is C17H23N3O3S. The summed E-state index contributed by atoms with van der Waals surface area (Å²) in [5.41, 5.74) is 2.48. The molecule has 1 amide bonds. The third-order valence-electron chi connectivity index (χ3n) is 4.37. The quantitative estimate of drug-likeness (QED) is 0.829. The van der Waals surface area contributed by atoms with Crippen molar-refractivity contribution in [3.05, 3.63) is 22.0 Å². The molecule has 0 aliphatic carbocycles. The van der Waals surface area contributed by atoms with Crippen LogP contribution in [0.3, 0.4) is 0 Å². The first-order valence-corrected chi connectivity index (χ1v) is 9.10. The Hall–Kier alpha value is -1.73. The van der Waals surface area contributed by atoms with Gasteiger partial charge in [-0.1, -0.05) is 5.16 Å². The monoisotopic (exact) mass is 349 g/mol. The van der Waals surface area contributed by atoms with Crippen LogP contribution in [0.5, 0.6) is 0 Å². The van der Waals surface area contributed by atoms with Crippen molar-refractivity contribution in [2.75, 3.05) is 26.3 Å². The van der Waals surface area contributed by atoms with E-state index in [1.807, 2.05) is 32.6 Å². The van der Waals surface area contributed by atoms with Gasteiger partial charge in [0.1, 0.15) is 15.6 Å². The zero-order valence-corrected chi connectivity index (χ0v) is 15.4. The van der Waals surface area contributed by atoms with Crippen molar-refractivity contribution in [1.82, 2.24) is 15.0 Å². The van der Waals surface area contributed by atoms with Crippen molar-refractivity contribution in [1.29, 1.82) is 0 Å². The summed E-state index contributed by atoms with van der Waals surface area (Å²) < 4.78 is 10.7. The second kappa shape index (κ2) is 7.03. The second-order valence-electron chi connectivity index (χ2n) is 6.20. The van der Waals surface area contributed by atoms with Gasteiger partial charge >= 0.3 is 0 Å². The fourth-order valence-corrected chi connectivity index (χ4v) is 4.25. The number of likely N-dealkylation sites (tertiary alicyclic amines) is 1. The van der Waals surface area contributed by atoms with Gasteiger partial charge in [0.05, 0.1) is 23.6 Å².